The molecule has 1 N–H and O–H groups in total. The molecule has 4 heteroatoms. The minimum absolute atomic E-state index is 0.178. The highest BCUT2D eigenvalue weighted by atomic mass is 16.3. The van der Waals surface area contributed by atoms with Gasteiger partial charge in [0.1, 0.15) is 17.0 Å². The number of oxazole rings is 1. The van der Waals surface area contributed by atoms with Crippen molar-refractivity contribution in [3.8, 4) is 0 Å². The van der Waals surface area contributed by atoms with E-state index in [4.69, 9.17) is 8.83 Å². The van der Waals surface area contributed by atoms with Gasteiger partial charge in [-0.2, -0.15) is 0 Å². The highest BCUT2D eigenvalue weighted by Gasteiger charge is 2.13. The van der Waals surface area contributed by atoms with Crippen LogP contribution in [0.5, 0.6) is 0 Å². The molecule has 0 saturated carbocycles. The van der Waals surface area contributed by atoms with Gasteiger partial charge in [-0.05, 0) is 45.0 Å². The molecule has 21 heavy (non-hydrogen) atoms. The summed E-state index contributed by atoms with van der Waals surface area (Å²) in [5.74, 6) is 2.68. The van der Waals surface area contributed by atoms with E-state index in [0.29, 0.717) is 0 Å². The average molecular weight is 284 g/mol. The van der Waals surface area contributed by atoms with Crippen molar-refractivity contribution in [1.29, 1.82) is 0 Å². The molecule has 2 aromatic heterocycles. The fraction of sp³-hybridized carbons (Fsp3) is 0.353. The van der Waals surface area contributed by atoms with E-state index in [2.05, 4.69) is 23.3 Å². The summed E-state index contributed by atoms with van der Waals surface area (Å²) in [5.41, 5.74) is 3.94. The lowest BCUT2D eigenvalue weighted by Crippen LogP contribution is -2.06. The Bertz CT molecular complexity index is 770. The third-order valence-corrected chi connectivity index (χ3v) is 3.66. The molecule has 0 aliphatic carbocycles. The topological polar surface area (TPSA) is 51.2 Å². The molecule has 1 unspecified atom stereocenters. The van der Waals surface area contributed by atoms with E-state index in [1.54, 1.807) is 0 Å². The van der Waals surface area contributed by atoms with E-state index in [1.165, 1.54) is 5.56 Å². The Morgan fingerprint density at radius 1 is 1.19 bits per heavy atom. The molecule has 0 aliphatic rings. The lowest BCUT2D eigenvalue weighted by Gasteiger charge is -2.14. The fourth-order valence-electron chi connectivity index (χ4n) is 2.62. The second-order valence-electron chi connectivity index (χ2n) is 5.38. The summed E-state index contributed by atoms with van der Waals surface area (Å²) in [6.45, 7) is 8.13. The van der Waals surface area contributed by atoms with Gasteiger partial charge in [0.2, 0.25) is 0 Å². The van der Waals surface area contributed by atoms with Gasteiger partial charge in [0, 0.05) is 17.7 Å². The molecule has 0 bridgehead atoms. The van der Waals surface area contributed by atoms with Crippen molar-refractivity contribution in [1.82, 2.24) is 4.98 Å². The second-order valence-corrected chi connectivity index (χ2v) is 5.38. The van der Waals surface area contributed by atoms with Gasteiger partial charge in [0.15, 0.2) is 11.5 Å². The van der Waals surface area contributed by atoms with Crippen molar-refractivity contribution in [2.45, 2.75) is 40.2 Å². The summed E-state index contributed by atoms with van der Waals surface area (Å²) < 4.78 is 11.2. The van der Waals surface area contributed by atoms with Gasteiger partial charge >= 0.3 is 0 Å². The molecular formula is C17H20N2O2. The monoisotopic (exact) mass is 284 g/mol. The SMILES string of the molecule is CCc1nc2cc(NC(C)c3cc(C)oc3C)ccc2o1. The van der Waals surface area contributed by atoms with Crippen LogP contribution in [0.3, 0.4) is 0 Å². The summed E-state index contributed by atoms with van der Waals surface area (Å²) in [6.07, 6.45) is 0.807. The van der Waals surface area contributed by atoms with Crippen LogP contribution in [0.4, 0.5) is 5.69 Å². The van der Waals surface area contributed by atoms with Crippen molar-refractivity contribution in [3.05, 3.63) is 47.2 Å². The minimum atomic E-state index is 0.178. The number of furan rings is 1. The third-order valence-electron chi connectivity index (χ3n) is 3.66. The van der Waals surface area contributed by atoms with E-state index in [9.17, 15) is 0 Å². The summed E-state index contributed by atoms with van der Waals surface area (Å²) in [7, 11) is 0. The molecule has 0 saturated heterocycles. The minimum Gasteiger partial charge on any atom is -0.466 e. The molecule has 0 radical (unpaired) electrons. The number of aryl methyl sites for hydroxylation is 3. The van der Waals surface area contributed by atoms with Crippen molar-refractivity contribution in [2.24, 2.45) is 0 Å². The molecule has 3 rings (SSSR count). The van der Waals surface area contributed by atoms with Crippen molar-refractivity contribution >= 4 is 16.8 Å². The number of hydrogen-bond acceptors (Lipinski definition) is 4. The standard InChI is InChI=1S/C17H20N2O2/c1-5-17-19-15-9-13(6-7-16(15)21-17)18-11(3)14-8-10(2)20-12(14)4/h6-9,11,18H,5H2,1-4H3. The zero-order chi connectivity index (χ0) is 15.0. The lowest BCUT2D eigenvalue weighted by molar-refractivity contribution is 0.500. The third kappa shape index (κ3) is 2.66. The smallest absolute Gasteiger partial charge is 0.195 e. The molecule has 0 fully saturated rings. The van der Waals surface area contributed by atoms with Crippen LogP contribution in [0.15, 0.2) is 33.1 Å². The number of nitrogens with one attached hydrogen (secondary N) is 1. The molecule has 1 atom stereocenters. The number of aromatic nitrogens is 1. The zero-order valence-electron chi connectivity index (χ0n) is 12.9. The van der Waals surface area contributed by atoms with Gasteiger partial charge in [-0.25, -0.2) is 4.98 Å². The maximum Gasteiger partial charge on any atom is 0.195 e. The van der Waals surface area contributed by atoms with Gasteiger partial charge in [-0.3, -0.25) is 0 Å². The molecule has 0 amide bonds. The first-order valence-electron chi connectivity index (χ1n) is 7.29. The first kappa shape index (κ1) is 13.7. The molecule has 2 heterocycles. The first-order valence-corrected chi connectivity index (χ1v) is 7.29. The van der Waals surface area contributed by atoms with E-state index in [0.717, 1.165) is 40.6 Å². The number of hydrogen-bond donors (Lipinski definition) is 1. The Labute approximate surface area is 124 Å². The van der Waals surface area contributed by atoms with Crippen LogP contribution >= 0.6 is 0 Å². The van der Waals surface area contributed by atoms with Crippen LogP contribution < -0.4 is 5.32 Å². The highest BCUT2D eigenvalue weighted by Crippen LogP contribution is 2.27. The summed E-state index contributed by atoms with van der Waals surface area (Å²) in [6, 6.07) is 8.26. The zero-order valence-corrected chi connectivity index (χ0v) is 12.9. The Kier molecular flexibility index (Phi) is 3.45. The number of benzene rings is 1. The highest BCUT2D eigenvalue weighted by molar-refractivity contribution is 5.77. The van der Waals surface area contributed by atoms with Crippen molar-refractivity contribution in [2.75, 3.05) is 5.32 Å². The van der Waals surface area contributed by atoms with Crippen LogP contribution in [-0.4, -0.2) is 4.98 Å². The van der Waals surface area contributed by atoms with Crippen molar-refractivity contribution in [3.63, 3.8) is 0 Å². The Morgan fingerprint density at radius 3 is 2.67 bits per heavy atom. The normalized spacial score (nSPS) is 12.8. The predicted molar refractivity (Wildman–Crippen MR) is 83.6 cm³/mol. The summed E-state index contributed by atoms with van der Waals surface area (Å²) in [4.78, 5) is 4.47. The largest absolute Gasteiger partial charge is 0.466 e. The molecule has 0 spiro atoms. The number of rotatable bonds is 4. The van der Waals surface area contributed by atoms with Crippen molar-refractivity contribution < 1.29 is 8.83 Å². The Hall–Kier alpha value is -2.23. The second kappa shape index (κ2) is 5.28. The van der Waals surface area contributed by atoms with Gasteiger partial charge < -0.3 is 14.2 Å². The van der Waals surface area contributed by atoms with E-state index >= 15 is 0 Å². The molecule has 0 aliphatic heterocycles. The van der Waals surface area contributed by atoms with E-state index < -0.39 is 0 Å². The Balaban J connectivity index is 1.85. The van der Waals surface area contributed by atoms with Crippen LogP contribution in [0.25, 0.3) is 11.1 Å². The number of fused-ring (bicyclic) bond motifs is 1. The quantitative estimate of drug-likeness (QED) is 0.749. The molecule has 3 aromatic rings. The Morgan fingerprint density at radius 2 is 2.00 bits per heavy atom. The maximum atomic E-state index is 5.63. The van der Waals surface area contributed by atoms with E-state index in [1.807, 2.05) is 39.0 Å². The van der Waals surface area contributed by atoms with Crippen LogP contribution in [-0.2, 0) is 6.42 Å². The number of anilines is 1. The predicted octanol–water partition coefficient (Wildman–Crippen LogP) is 4.77. The molecule has 4 nitrogen and oxygen atoms in total. The number of nitrogens with zero attached hydrogens (tertiary/aromatic N) is 1. The van der Waals surface area contributed by atoms with Crippen LogP contribution in [0, 0.1) is 13.8 Å². The molecule has 110 valence electrons. The van der Waals surface area contributed by atoms with Gasteiger partial charge in [-0.1, -0.05) is 6.92 Å². The fourth-order valence-corrected chi connectivity index (χ4v) is 2.62. The summed E-state index contributed by atoms with van der Waals surface area (Å²) in [5, 5.41) is 3.49. The lowest BCUT2D eigenvalue weighted by atomic mass is 10.1. The van der Waals surface area contributed by atoms with Crippen LogP contribution in [0.2, 0.25) is 0 Å². The molecule has 1 aromatic carbocycles. The van der Waals surface area contributed by atoms with E-state index in [-0.39, 0.29) is 6.04 Å². The first-order chi connectivity index (χ1) is 10.1. The van der Waals surface area contributed by atoms with Gasteiger partial charge in [0.05, 0.1) is 6.04 Å². The maximum absolute atomic E-state index is 5.63. The van der Waals surface area contributed by atoms with Crippen LogP contribution in [0.1, 0.15) is 42.9 Å². The van der Waals surface area contributed by atoms with Gasteiger partial charge in [-0.15, -0.1) is 0 Å². The summed E-state index contributed by atoms with van der Waals surface area (Å²) >= 11 is 0. The average Bonchev–Trinajstić information content (AvgIpc) is 3.00. The molecular weight excluding hydrogens is 264 g/mol. The van der Waals surface area contributed by atoms with Gasteiger partial charge in [0.25, 0.3) is 0 Å².